The average Bonchev–Trinajstić information content (AvgIpc) is 3.00. The summed E-state index contributed by atoms with van der Waals surface area (Å²) in [5.41, 5.74) is 0.0145. The summed E-state index contributed by atoms with van der Waals surface area (Å²) < 4.78 is 52.0. The molecule has 0 aliphatic rings. The number of halogens is 5. The van der Waals surface area contributed by atoms with Crippen molar-refractivity contribution < 1.29 is 32.2 Å². The monoisotopic (exact) mass is 517 g/mol. The first-order valence-corrected chi connectivity index (χ1v) is 10.2. The first-order valence-electron chi connectivity index (χ1n) is 9.05. The van der Waals surface area contributed by atoms with Gasteiger partial charge in [0.1, 0.15) is 11.4 Å². The molecule has 2 aromatic carbocycles. The number of carbonyl (C=O) groups excluding carboxylic acids is 2. The largest absolute Gasteiger partial charge is 0.461 e. The topological polar surface area (TPSA) is 57.5 Å². The van der Waals surface area contributed by atoms with E-state index in [1.165, 1.54) is 25.1 Å². The summed E-state index contributed by atoms with van der Waals surface area (Å²) in [6, 6.07) is 8.30. The van der Waals surface area contributed by atoms with E-state index in [2.05, 4.69) is 15.9 Å². The maximum Gasteiger partial charge on any atom is 0.417 e. The van der Waals surface area contributed by atoms with Crippen LogP contribution in [0.5, 0.6) is 5.75 Å². The molecule has 164 valence electrons. The molecule has 0 saturated heterocycles. The molecule has 3 rings (SSSR count). The van der Waals surface area contributed by atoms with Crippen molar-refractivity contribution in [1.29, 1.82) is 0 Å². The van der Waals surface area contributed by atoms with Gasteiger partial charge < -0.3 is 14.0 Å². The van der Waals surface area contributed by atoms with Gasteiger partial charge in [0.2, 0.25) is 0 Å². The van der Waals surface area contributed by atoms with Crippen LogP contribution < -0.4 is 4.74 Å². The molecule has 0 N–H and O–H groups in total. The lowest BCUT2D eigenvalue weighted by Crippen LogP contribution is -2.13. The van der Waals surface area contributed by atoms with Crippen LogP contribution in [0.15, 0.2) is 40.9 Å². The number of benzene rings is 2. The molecule has 0 spiro atoms. The minimum absolute atomic E-state index is 0.0444. The second kappa shape index (κ2) is 8.92. The van der Waals surface area contributed by atoms with E-state index in [4.69, 9.17) is 21.1 Å². The maximum absolute atomic E-state index is 13.3. The number of rotatable bonds is 5. The second-order valence-corrected chi connectivity index (χ2v) is 7.84. The summed E-state index contributed by atoms with van der Waals surface area (Å²) in [5.74, 6) is -0.904. The van der Waals surface area contributed by atoms with Crippen LogP contribution >= 0.6 is 27.5 Å². The van der Waals surface area contributed by atoms with Crippen LogP contribution in [0.1, 0.15) is 35.5 Å². The summed E-state index contributed by atoms with van der Waals surface area (Å²) in [6.07, 6.45) is -4.61. The highest BCUT2D eigenvalue weighted by Crippen LogP contribution is 2.36. The lowest BCUT2D eigenvalue weighted by molar-refractivity contribution is -0.137. The Kier molecular flexibility index (Phi) is 6.66. The predicted octanol–water partition coefficient (Wildman–Crippen LogP) is 6.23. The van der Waals surface area contributed by atoms with Crippen molar-refractivity contribution in [3.8, 4) is 5.75 Å². The van der Waals surface area contributed by atoms with Crippen molar-refractivity contribution in [2.24, 2.45) is 0 Å². The molecule has 0 unspecified atom stereocenters. The van der Waals surface area contributed by atoms with Gasteiger partial charge in [-0.05, 0) is 58.7 Å². The lowest BCUT2D eigenvalue weighted by Gasteiger charge is -2.14. The van der Waals surface area contributed by atoms with Crippen LogP contribution in [0.2, 0.25) is 5.02 Å². The molecular weight excluding hydrogens is 503 g/mol. The van der Waals surface area contributed by atoms with Gasteiger partial charge in [0.25, 0.3) is 0 Å². The third-order valence-electron chi connectivity index (χ3n) is 4.37. The second-order valence-electron chi connectivity index (χ2n) is 6.58. The molecule has 1 heterocycles. The number of esters is 2. The van der Waals surface area contributed by atoms with Gasteiger partial charge in [-0.25, -0.2) is 4.79 Å². The summed E-state index contributed by atoms with van der Waals surface area (Å²) in [4.78, 5) is 23.8. The van der Waals surface area contributed by atoms with Crippen molar-refractivity contribution >= 4 is 50.4 Å². The van der Waals surface area contributed by atoms with E-state index < -0.39 is 28.7 Å². The maximum atomic E-state index is 13.3. The zero-order chi connectivity index (χ0) is 22.9. The number of carbonyl (C=O) groups is 2. The number of fused-ring (bicyclic) bond motifs is 1. The van der Waals surface area contributed by atoms with E-state index in [-0.39, 0.29) is 24.6 Å². The molecule has 31 heavy (non-hydrogen) atoms. The van der Waals surface area contributed by atoms with E-state index >= 15 is 0 Å². The number of alkyl halides is 3. The molecule has 0 atom stereocenters. The number of nitrogens with zero attached hydrogens (tertiary/aromatic N) is 1. The van der Waals surface area contributed by atoms with Crippen LogP contribution in [0.4, 0.5) is 13.2 Å². The van der Waals surface area contributed by atoms with Gasteiger partial charge in [-0.15, -0.1) is 0 Å². The molecule has 0 saturated carbocycles. The molecular formula is C21H16BrClF3NO4. The van der Waals surface area contributed by atoms with E-state index in [1.807, 2.05) is 0 Å². The summed E-state index contributed by atoms with van der Waals surface area (Å²) in [7, 11) is 0. The third kappa shape index (κ3) is 5.04. The summed E-state index contributed by atoms with van der Waals surface area (Å²) in [5, 5.41) is 0.139. The van der Waals surface area contributed by atoms with Crippen LogP contribution in [0.3, 0.4) is 0 Å². The highest BCUT2D eigenvalue weighted by Gasteiger charge is 2.33. The molecule has 1 aromatic heterocycles. The third-order valence-corrected chi connectivity index (χ3v) is 5.32. The minimum Gasteiger partial charge on any atom is -0.461 e. The first kappa shape index (κ1) is 23.1. The summed E-state index contributed by atoms with van der Waals surface area (Å²) >= 11 is 9.03. The zero-order valence-electron chi connectivity index (χ0n) is 16.3. The fraction of sp³-hybridized carbons (Fsp3) is 0.238. The highest BCUT2D eigenvalue weighted by atomic mass is 79.9. The van der Waals surface area contributed by atoms with Crippen molar-refractivity contribution in [2.45, 2.75) is 26.6 Å². The Morgan fingerprint density at radius 3 is 2.48 bits per heavy atom. The van der Waals surface area contributed by atoms with Gasteiger partial charge in [-0.2, -0.15) is 13.2 Å². The molecule has 10 heteroatoms. The highest BCUT2D eigenvalue weighted by molar-refractivity contribution is 9.10. The van der Waals surface area contributed by atoms with Crippen LogP contribution in [0.25, 0.3) is 10.9 Å². The Balaban J connectivity index is 2.15. The molecule has 0 radical (unpaired) electrons. The molecule has 3 aromatic rings. The van der Waals surface area contributed by atoms with E-state index in [0.717, 1.165) is 6.07 Å². The van der Waals surface area contributed by atoms with E-state index in [9.17, 15) is 22.8 Å². The first-order chi connectivity index (χ1) is 14.5. The van der Waals surface area contributed by atoms with Crippen molar-refractivity contribution in [1.82, 2.24) is 4.57 Å². The van der Waals surface area contributed by atoms with E-state index in [0.29, 0.717) is 20.9 Å². The van der Waals surface area contributed by atoms with Crippen molar-refractivity contribution in [3.63, 3.8) is 0 Å². The van der Waals surface area contributed by atoms with Crippen LogP contribution in [-0.4, -0.2) is 23.1 Å². The SMILES string of the molecule is CCOC(=O)c1cc2cc(OC(C)=O)c(Br)cc2n1Cc1ccc(Cl)c(C(F)(F)F)c1. The quantitative estimate of drug-likeness (QED) is 0.297. The lowest BCUT2D eigenvalue weighted by atomic mass is 10.1. The molecule has 0 aliphatic carbocycles. The number of hydrogen-bond acceptors (Lipinski definition) is 4. The molecule has 0 bridgehead atoms. The normalized spacial score (nSPS) is 11.6. The minimum atomic E-state index is -4.61. The fourth-order valence-electron chi connectivity index (χ4n) is 3.11. The molecule has 5 nitrogen and oxygen atoms in total. The Hall–Kier alpha value is -2.52. The Morgan fingerprint density at radius 1 is 1.16 bits per heavy atom. The fourth-order valence-corrected chi connectivity index (χ4v) is 3.75. The van der Waals surface area contributed by atoms with Crippen molar-refractivity contribution in [2.75, 3.05) is 6.61 Å². The Bertz CT molecular complexity index is 1170. The average molecular weight is 519 g/mol. The standard InChI is InChI=1S/C21H16BrClF3NO4/c1-3-30-20(29)18-7-13-8-19(31-11(2)28)15(22)9-17(13)27(18)10-12-4-5-16(23)14(6-12)21(24,25)26/h4-9H,3,10H2,1-2H3. The van der Waals surface area contributed by atoms with Gasteiger partial charge in [0.05, 0.1) is 27.2 Å². The van der Waals surface area contributed by atoms with Crippen LogP contribution in [0, 0.1) is 0 Å². The van der Waals surface area contributed by atoms with Crippen LogP contribution in [-0.2, 0) is 22.3 Å². The molecule has 0 aliphatic heterocycles. The van der Waals surface area contributed by atoms with Gasteiger partial charge in [-0.1, -0.05) is 17.7 Å². The zero-order valence-corrected chi connectivity index (χ0v) is 18.7. The smallest absolute Gasteiger partial charge is 0.417 e. The Morgan fingerprint density at radius 2 is 1.87 bits per heavy atom. The number of aromatic nitrogens is 1. The Labute approximate surface area is 188 Å². The summed E-state index contributed by atoms with van der Waals surface area (Å²) in [6.45, 7) is 2.98. The molecule has 0 amide bonds. The van der Waals surface area contributed by atoms with E-state index in [1.54, 1.807) is 23.6 Å². The molecule has 0 fully saturated rings. The van der Waals surface area contributed by atoms with Gasteiger partial charge >= 0.3 is 18.1 Å². The van der Waals surface area contributed by atoms with Gasteiger partial charge in [-0.3, -0.25) is 4.79 Å². The van der Waals surface area contributed by atoms with Gasteiger partial charge in [0, 0.05) is 18.9 Å². The predicted molar refractivity (Wildman–Crippen MR) is 112 cm³/mol. The number of ether oxygens (including phenoxy) is 2. The van der Waals surface area contributed by atoms with Gasteiger partial charge in [0.15, 0.2) is 0 Å². The number of hydrogen-bond donors (Lipinski definition) is 0. The van der Waals surface area contributed by atoms with Crippen molar-refractivity contribution in [3.05, 3.63) is 62.7 Å².